The molecular weight excluding hydrogens is 316 g/mol. The Bertz CT molecular complexity index is 748. The van der Waals surface area contributed by atoms with Gasteiger partial charge in [-0.3, -0.25) is 4.90 Å². The molecule has 8 heteroatoms. The molecule has 8 nitrogen and oxygen atoms in total. The summed E-state index contributed by atoms with van der Waals surface area (Å²) in [6.45, 7) is 3.58. The SMILES string of the molecule is O=C(O)c1cc2cc(OCCN3CCN(C(=O)O)CC3)ccc2o1. The molecule has 1 fully saturated rings. The first kappa shape index (κ1) is 16.1. The predicted octanol–water partition coefficient (Wildman–Crippen LogP) is 1.81. The number of carboxylic acid groups (broad SMARTS) is 2. The number of furan rings is 1. The number of amides is 1. The summed E-state index contributed by atoms with van der Waals surface area (Å²) in [6.07, 6.45) is -0.875. The monoisotopic (exact) mass is 334 g/mol. The number of rotatable bonds is 5. The summed E-state index contributed by atoms with van der Waals surface area (Å²) in [5.74, 6) is -0.558. The fourth-order valence-corrected chi connectivity index (χ4v) is 2.67. The second-order valence-electron chi connectivity index (χ2n) is 5.58. The zero-order valence-electron chi connectivity index (χ0n) is 13.0. The van der Waals surface area contributed by atoms with Crippen molar-refractivity contribution in [2.75, 3.05) is 39.3 Å². The van der Waals surface area contributed by atoms with Crippen molar-refractivity contribution in [3.05, 3.63) is 30.0 Å². The minimum absolute atomic E-state index is 0.0987. The number of carboxylic acids is 1. The number of hydrogen-bond acceptors (Lipinski definition) is 5. The van der Waals surface area contributed by atoms with E-state index >= 15 is 0 Å². The Kier molecular flexibility index (Phi) is 4.57. The number of piperazine rings is 1. The molecule has 1 aliphatic heterocycles. The Morgan fingerprint density at radius 1 is 1.12 bits per heavy atom. The highest BCUT2D eigenvalue weighted by atomic mass is 16.5. The Balaban J connectivity index is 1.51. The zero-order valence-corrected chi connectivity index (χ0v) is 13.0. The van der Waals surface area contributed by atoms with Crippen molar-refractivity contribution >= 4 is 23.0 Å². The Labute approximate surface area is 137 Å². The number of fused-ring (bicyclic) bond motifs is 1. The minimum Gasteiger partial charge on any atom is -0.492 e. The van der Waals surface area contributed by atoms with Gasteiger partial charge in [-0.1, -0.05) is 0 Å². The molecule has 2 heterocycles. The quantitative estimate of drug-likeness (QED) is 0.859. The first-order valence-corrected chi connectivity index (χ1v) is 7.63. The average molecular weight is 334 g/mol. The smallest absolute Gasteiger partial charge is 0.407 e. The van der Waals surface area contributed by atoms with Gasteiger partial charge >= 0.3 is 12.1 Å². The Morgan fingerprint density at radius 2 is 1.88 bits per heavy atom. The minimum atomic E-state index is -1.10. The van der Waals surface area contributed by atoms with Crippen molar-refractivity contribution in [3.63, 3.8) is 0 Å². The highest BCUT2D eigenvalue weighted by Gasteiger charge is 2.20. The van der Waals surface area contributed by atoms with E-state index in [0.29, 0.717) is 56.0 Å². The van der Waals surface area contributed by atoms with Crippen LogP contribution in [0.3, 0.4) is 0 Å². The van der Waals surface area contributed by atoms with E-state index < -0.39 is 12.1 Å². The normalized spacial score (nSPS) is 15.6. The van der Waals surface area contributed by atoms with Crippen LogP contribution in [0.2, 0.25) is 0 Å². The van der Waals surface area contributed by atoms with Crippen LogP contribution in [0, 0.1) is 0 Å². The molecule has 128 valence electrons. The van der Waals surface area contributed by atoms with Crippen LogP contribution in [0.1, 0.15) is 10.6 Å². The van der Waals surface area contributed by atoms with Crippen LogP contribution in [0.5, 0.6) is 5.75 Å². The molecule has 0 saturated carbocycles. The molecule has 2 aromatic rings. The van der Waals surface area contributed by atoms with E-state index in [9.17, 15) is 9.59 Å². The molecule has 0 unspecified atom stereocenters. The highest BCUT2D eigenvalue weighted by molar-refractivity contribution is 5.91. The number of ether oxygens (including phenoxy) is 1. The summed E-state index contributed by atoms with van der Waals surface area (Å²) >= 11 is 0. The van der Waals surface area contributed by atoms with E-state index in [-0.39, 0.29) is 5.76 Å². The molecule has 0 bridgehead atoms. The largest absolute Gasteiger partial charge is 0.492 e. The van der Waals surface area contributed by atoms with Crippen LogP contribution < -0.4 is 4.74 Å². The molecule has 24 heavy (non-hydrogen) atoms. The summed E-state index contributed by atoms with van der Waals surface area (Å²) in [7, 11) is 0. The lowest BCUT2D eigenvalue weighted by Gasteiger charge is -2.32. The third-order valence-corrected chi connectivity index (χ3v) is 4.02. The van der Waals surface area contributed by atoms with E-state index in [2.05, 4.69) is 4.90 Å². The molecule has 0 radical (unpaired) electrons. The molecule has 1 aliphatic rings. The second kappa shape index (κ2) is 6.79. The van der Waals surface area contributed by atoms with Crippen LogP contribution >= 0.6 is 0 Å². The van der Waals surface area contributed by atoms with Gasteiger partial charge < -0.3 is 24.3 Å². The molecule has 3 rings (SSSR count). The maximum absolute atomic E-state index is 10.9. The van der Waals surface area contributed by atoms with Gasteiger partial charge in [0.05, 0.1) is 0 Å². The highest BCUT2D eigenvalue weighted by Crippen LogP contribution is 2.24. The number of benzene rings is 1. The van der Waals surface area contributed by atoms with Gasteiger partial charge in [-0.15, -0.1) is 0 Å². The number of aromatic carboxylic acids is 1. The van der Waals surface area contributed by atoms with E-state index in [1.807, 2.05) is 0 Å². The molecule has 0 spiro atoms. The lowest BCUT2D eigenvalue weighted by atomic mass is 10.2. The summed E-state index contributed by atoms with van der Waals surface area (Å²) in [4.78, 5) is 25.3. The Morgan fingerprint density at radius 3 is 2.54 bits per heavy atom. The van der Waals surface area contributed by atoms with Gasteiger partial charge in [0.1, 0.15) is 17.9 Å². The third-order valence-electron chi connectivity index (χ3n) is 4.02. The predicted molar refractivity (Wildman–Crippen MR) is 84.7 cm³/mol. The fourth-order valence-electron chi connectivity index (χ4n) is 2.67. The van der Waals surface area contributed by atoms with Crippen molar-refractivity contribution < 1.29 is 29.0 Å². The first-order valence-electron chi connectivity index (χ1n) is 7.63. The van der Waals surface area contributed by atoms with Crippen molar-refractivity contribution in [1.82, 2.24) is 9.80 Å². The maximum Gasteiger partial charge on any atom is 0.407 e. The lowest BCUT2D eigenvalue weighted by Crippen LogP contribution is -2.49. The van der Waals surface area contributed by atoms with Crippen LogP contribution in [0.25, 0.3) is 11.0 Å². The van der Waals surface area contributed by atoms with Gasteiger partial charge in [0.2, 0.25) is 5.76 Å². The summed E-state index contributed by atoms with van der Waals surface area (Å²) in [5, 5.41) is 18.5. The van der Waals surface area contributed by atoms with Gasteiger partial charge in [0.15, 0.2) is 0 Å². The topological polar surface area (TPSA) is 103 Å². The Hall–Kier alpha value is -2.74. The summed E-state index contributed by atoms with van der Waals surface area (Å²) in [5.41, 5.74) is 0.504. The van der Waals surface area contributed by atoms with Crippen LogP contribution in [0.4, 0.5) is 4.79 Å². The first-order chi connectivity index (χ1) is 11.5. The van der Waals surface area contributed by atoms with Crippen LogP contribution in [-0.4, -0.2) is 71.4 Å². The molecule has 1 aromatic heterocycles. The van der Waals surface area contributed by atoms with Gasteiger partial charge in [0.25, 0.3) is 0 Å². The molecular formula is C16H18N2O6. The number of nitrogens with zero attached hydrogens (tertiary/aromatic N) is 2. The molecule has 1 amide bonds. The molecule has 1 saturated heterocycles. The molecule has 2 N–H and O–H groups in total. The van der Waals surface area contributed by atoms with Crippen molar-refractivity contribution in [1.29, 1.82) is 0 Å². The third kappa shape index (κ3) is 3.60. The lowest BCUT2D eigenvalue weighted by molar-refractivity contribution is 0.0665. The molecule has 1 aromatic carbocycles. The molecule has 0 atom stereocenters. The van der Waals surface area contributed by atoms with E-state index in [0.717, 1.165) is 0 Å². The van der Waals surface area contributed by atoms with Gasteiger partial charge in [-0.05, 0) is 24.3 Å². The summed E-state index contributed by atoms with van der Waals surface area (Å²) in [6, 6.07) is 6.63. The summed E-state index contributed by atoms with van der Waals surface area (Å²) < 4.78 is 10.9. The van der Waals surface area contributed by atoms with Crippen molar-refractivity contribution in [2.45, 2.75) is 0 Å². The fraction of sp³-hybridized carbons (Fsp3) is 0.375. The van der Waals surface area contributed by atoms with Gasteiger partial charge in [-0.2, -0.15) is 0 Å². The molecule has 0 aliphatic carbocycles. The standard InChI is InChI=1S/C16H18N2O6/c19-15(20)14-10-11-9-12(1-2-13(11)24-14)23-8-7-17-3-5-18(6-4-17)16(21)22/h1-2,9-10H,3-8H2,(H,19,20)(H,21,22). The number of hydrogen-bond donors (Lipinski definition) is 2. The maximum atomic E-state index is 10.9. The number of carbonyl (C=O) groups is 2. The van der Waals surface area contributed by atoms with Gasteiger partial charge in [0, 0.05) is 38.1 Å². The van der Waals surface area contributed by atoms with E-state index in [4.69, 9.17) is 19.4 Å². The average Bonchev–Trinajstić information content (AvgIpc) is 2.99. The van der Waals surface area contributed by atoms with Crippen molar-refractivity contribution in [2.24, 2.45) is 0 Å². The van der Waals surface area contributed by atoms with Crippen LogP contribution in [-0.2, 0) is 0 Å². The van der Waals surface area contributed by atoms with E-state index in [1.165, 1.54) is 11.0 Å². The van der Waals surface area contributed by atoms with Gasteiger partial charge in [-0.25, -0.2) is 9.59 Å². The van der Waals surface area contributed by atoms with Crippen molar-refractivity contribution in [3.8, 4) is 5.75 Å². The zero-order chi connectivity index (χ0) is 17.1. The van der Waals surface area contributed by atoms with Crippen LogP contribution in [0.15, 0.2) is 28.7 Å². The van der Waals surface area contributed by atoms with E-state index in [1.54, 1.807) is 18.2 Å². The second-order valence-corrected chi connectivity index (χ2v) is 5.58.